The maximum Gasteiger partial charge on any atom is 0.266 e. The zero-order valence-electron chi connectivity index (χ0n) is 6.82. The highest BCUT2D eigenvalue weighted by Crippen LogP contribution is 2.02. The monoisotopic (exact) mass is 169 g/mol. The van der Waals surface area contributed by atoms with E-state index < -0.39 is 5.91 Å². The molecule has 0 saturated carbocycles. The molecule has 5 nitrogen and oxygen atoms in total. The van der Waals surface area contributed by atoms with Gasteiger partial charge in [-0.25, -0.2) is 0 Å². The SMILES string of the molecule is Cn1nc(CCO)cc1C(N)=O. The maximum atomic E-state index is 10.7. The molecule has 0 unspecified atom stereocenters. The number of aliphatic hydroxyl groups excluding tert-OH is 1. The van der Waals surface area contributed by atoms with E-state index in [-0.39, 0.29) is 6.61 Å². The zero-order valence-corrected chi connectivity index (χ0v) is 6.82. The molecule has 1 rings (SSSR count). The average molecular weight is 169 g/mol. The van der Waals surface area contributed by atoms with Crippen LogP contribution in [0.15, 0.2) is 6.07 Å². The standard InChI is InChI=1S/C7H11N3O2/c1-10-6(7(8)12)4-5(9-10)2-3-11/h4,11H,2-3H2,1H3,(H2,8,12). The quantitative estimate of drug-likeness (QED) is 0.612. The number of aliphatic hydroxyl groups is 1. The lowest BCUT2D eigenvalue weighted by molar-refractivity contribution is 0.0991. The molecule has 1 heterocycles. The molecule has 0 aliphatic heterocycles. The van der Waals surface area contributed by atoms with Crippen LogP contribution in [-0.2, 0) is 13.5 Å². The summed E-state index contributed by atoms with van der Waals surface area (Å²) in [7, 11) is 1.64. The minimum absolute atomic E-state index is 0.0230. The number of hydrogen-bond donors (Lipinski definition) is 2. The highest BCUT2D eigenvalue weighted by molar-refractivity contribution is 5.91. The number of hydrogen-bond acceptors (Lipinski definition) is 3. The molecule has 0 aliphatic carbocycles. The fraction of sp³-hybridized carbons (Fsp3) is 0.429. The van der Waals surface area contributed by atoms with Crippen molar-refractivity contribution in [3.63, 3.8) is 0 Å². The summed E-state index contributed by atoms with van der Waals surface area (Å²) in [6, 6.07) is 1.58. The summed E-state index contributed by atoms with van der Waals surface area (Å²) in [4.78, 5) is 10.7. The van der Waals surface area contributed by atoms with Gasteiger partial charge in [0.15, 0.2) is 0 Å². The first-order valence-corrected chi connectivity index (χ1v) is 3.58. The molecule has 0 aliphatic rings. The Morgan fingerprint density at radius 2 is 2.50 bits per heavy atom. The van der Waals surface area contributed by atoms with Crippen molar-refractivity contribution in [2.24, 2.45) is 12.8 Å². The first-order chi connectivity index (χ1) is 5.65. The Balaban J connectivity index is 2.92. The molecule has 12 heavy (non-hydrogen) atoms. The molecule has 3 N–H and O–H groups in total. The van der Waals surface area contributed by atoms with Crippen LogP contribution < -0.4 is 5.73 Å². The van der Waals surface area contributed by atoms with E-state index in [1.54, 1.807) is 13.1 Å². The molecule has 5 heteroatoms. The van der Waals surface area contributed by atoms with Crippen molar-refractivity contribution < 1.29 is 9.90 Å². The van der Waals surface area contributed by atoms with E-state index in [0.29, 0.717) is 17.8 Å². The molecular weight excluding hydrogens is 158 g/mol. The molecule has 0 atom stereocenters. The van der Waals surface area contributed by atoms with E-state index in [9.17, 15) is 4.79 Å². The van der Waals surface area contributed by atoms with Crippen molar-refractivity contribution in [3.8, 4) is 0 Å². The number of aromatic nitrogens is 2. The zero-order chi connectivity index (χ0) is 9.14. The third kappa shape index (κ3) is 1.62. The number of nitrogens with two attached hydrogens (primary N) is 1. The van der Waals surface area contributed by atoms with Crippen LogP contribution in [0.1, 0.15) is 16.2 Å². The Bertz CT molecular complexity index is 293. The van der Waals surface area contributed by atoms with Crippen LogP contribution in [0.2, 0.25) is 0 Å². The fourth-order valence-corrected chi connectivity index (χ4v) is 0.994. The number of nitrogens with zero attached hydrogens (tertiary/aromatic N) is 2. The van der Waals surface area contributed by atoms with E-state index in [1.165, 1.54) is 4.68 Å². The smallest absolute Gasteiger partial charge is 0.266 e. The summed E-state index contributed by atoms with van der Waals surface area (Å²) in [5.41, 5.74) is 6.10. The molecule has 1 aromatic rings. The lowest BCUT2D eigenvalue weighted by Crippen LogP contribution is -2.15. The minimum Gasteiger partial charge on any atom is -0.396 e. The molecule has 0 saturated heterocycles. The van der Waals surface area contributed by atoms with Gasteiger partial charge in [-0.3, -0.25) is 9.48 Å². The molecular formula is C7H11N3O2. The van der Waals surface area contributed by atoms with Gasteiger partial charge in [-0.15, -0.1) is 0 Å². The topological polar surface area (TPSA) is 81.1 Å². The van der Waals surface area contributed by atoms with Crippen molar-refractivity contribution in [3.05, 3.63) is 17.5 Å². The predicted octanol–water partition coefficient (Wildman–Crippen LogP) is -0.946. The van der Waals surface area contributed by atoms with Crippen LogP contribution in [0, 0.1) is 0 Å². The van der Waals surface area contributed by atoms with Gasteiger partial charge in [0.25, 0.3) is 5.91 Å². The molecule has 0 aromatic carbocycles. The van der Waals surface area contributed by atoms with Crippen LogP contribution in [0.3, 0.4) is 0 Å². The highest BCUT2D eigenvalue weighted by Gasteiger charge is 2.08. The summed E-state index contributed by atoms with van der Waals surface area (Å²) in [5, 5.41) is 12.6. The van der Waals surface area contributed by atoms with Crippen LogP contribution in [-0.4, -0.2) is 27.4 Å². The van der Waals surface area contributed by atoms with Crippen molar-refractivity contribution in [2.45, 2.75) is 6.42 Å². The summed E-state index contributed by atoms with van der Waals surface area (Å²) in [6.45, 7) is 0.0230. The predicted molar refractivity (Wildman–Crippen MR) is 42.5 cm³/mol. The van der Waals surface area contributed by atoms with Gasteiger partial charge in [0.2, 0.25) is 0 Å². The van der Waals surface area contributed by atoms with Crippen LogP contribution in [0.4, 0.5) is 0 Å². The molecule has 0 bridgehead atoms. The Morgan fingerprint density at radius 1 is 1.83 bits per heavy atom. The van der Waals surface area contributed by atoms with Crippen LogP contribution >= 0.6 is 0 Å². The first kappa shape index (κ1) is 8.73. The van der Waals surface area contributed by atoms with E-state index in [2.05, 4.69) is 5.10 Å². The van der Waals surface area contributed by atoms with E-state index >= 15 is 0 Å². The van der Waals surface area contributed by atoms with Crippen LogP contribution in [0.5, 0.6) is 0 Å². The molecule has 0 radical (unpaired) electrons. The second-order valence-electron chi connectivity index (χ2n) is 2.48. The average Bonchev–Trinajstić information content (AvgIpc) is 2.32. The Morgan fingerprint density at radius 3 is 2.92 bits per heavy atom. The normalized spacial score (nSPS) is 10.2. The van der Waals surface area contributed by atoms with E-state index in [0.717, 1.165) is 0 Å². The molecule has 66 valence electrons. The van der Waals surface area contributed by atoms with Gasteiger partial charge in [-0.2, -0.15) is 5.10 Å². The Labute approximate surface area is 69.8 Å². The minimum atomic E-state index is -0.505. The van der Waals surface area contributed by atoms with Gasteiger partial charge in [0.05, 0.1) is 5.69 Å². The van der Waals surface area contributed by atoms with E-state index in [1.807, 2.05) is 0 Å². The number of aryl methyl sites for hydroxylation is 1. The van der Waals surface area contributed by atoms with Gasteiger partial charge >= 0.3 is 0 Å². The van der Waals surface area contributed by atoms with Gasteiger partial charge in [0.1, 0.15) is 5.69 Å². The van der Waals surface area contributed by atoms with Crippen molar-refractivity contribution in [2.75, 3.05) is 6.61 Å². The fourth-order valence-electron chi connectivity index (χ4n) is 0.994. The van der Waals surface area contributed by atoms with E-state index in [4.69, 9.17) is 10.8 Å². The van der Waals surface area contributed by atoms with Gasteiger partial charge in [0, 0.05) is 20.1 Å². The molecule has 0 fully saturated rings. The number of amides is 1. The first-order valence-electron chi connectivity index (χ1n) is 3.58. The number of rotatable bonds is 3. The second kappa shape index (κ2) is 3.36. The van der Waals surface area contributed by atoms with Gasteiger partial charge in [-0.1, -0.05) is 0 Å². The van der Waals surface area contributed by atoms with Crippen molar-refractivity contribution in [1.82, 2.24) is 9.78 Å². The second-order valence-corrected chi connectivity index (χ2v) is 2.48. The van der Waals surface area contributed by atoms with Crippen molar-refractivity contribution in [1.29, 1.82) is 0 Å². The third-order valence-electron chi connectivity index (χ3n) is 1.55. The summed E-state index contributed by atoms with van der Waals surface area (Å²) in [5.74, 6) is -0.505. The molecule has 1 aromatic heterocycles. The maximum absolute atomic E-state index is 10.7. The third-order valence-corrected chi connectivity index (χ3v) is 1.55. The summed E-state index contributed by atoms with van der Waals surface area (Å²) >= 11 is 0. The lowest BCUT2D eigenvalue weighted by atomic mass is 10.3. The van der Waals surface area contributed by atoms with Gasteiger partial charge in [-0.05, 0) is 6.07 Å². The van der Waals surface area contributed by atoms with Gasteiger partial charge < -0.3 is 10.8 Å². The summed E-state index contributed by atoms with van der Waals surface area (Å²) < 4.78 is 1.41. The molecule has 0 spiro atoms. The Kier molecular flexibility index (Phi) is 2.44. The van der Waals surface area contributed by atoms with Crippen molar-refractivity contribution >= 4 is 5.91 Å². The highest BCUT2D eigenvalue weighted by atomic mass is 16.3. The number of carbonyl (C=O) groups excluding carboxylic acids is 1. The Hall–Kier alpha value is -1.36. The number of carbonyl (C=O) groups is 1. The largest absolute Gasteiger partial charge is 0.396 e. The molecule has 1 amide bonds. The number of primary amides is 1. The summed E-state index contributed by atoms with van der Waals surface area (Å²) in [6.07, 6.45) is 0.446. The lowest BCUT2D eigenvalue weighted by Gasteiger charge is -1.92. The van der Waals surface area contributed by atoms with Crippen LogP contribution in [0.25, 0.3) is 0 Å².